The SMILES string of the molecule is CN(C(=O)C(C)(C)N)C1CCOCC1. The predicted octanol–water partition coefficient (Wildman–Crippen LogP) is 0.361. The van der Waals surface area contributed by atoms with Gasteiger partial charge in [-0.25, -0.2) is 0 Å². The molecular formula is C10H20N2O2. The molecule has 0 atom stereocenters. The molecule has 0 aromatic rings. The number of ether oxygens (including phenoxy) is 1. The molecule has 0 aromatic heterocycles. The lowest BCUT2D eigenvalue weighted by Crippen LogP contribution is -2.53. The molecule has 0 spiro atoms. The third-order valence-electron chi connectivity index (χ3n) is 2.61. The summed E-state index contributed by atoms with van der Waals surface area (Å²) in [4.78, 5) is 13.6. The van der Waals surface area contributed by atoms with E-state index in [2.05, 4.69) is 0 Å². The van der Waals surface area contributed by atoms with E-state index in [1.54, 1.807) is 18.7 Å². The lowest BCUT2D eigenvalue weighted by Gasteiger charge is -2.35. The van der Waals surface area contributed by atoms with Crippen LogP contribution in [0.5, 0.6) is 0 Å². The topological polar surface area (TPSA) is 55.6 Å². The fraction of sp³-hybridized carbons (Fsp3) is 0.900. The zero-order chi connectivity index (χ0) is 10.8. The van der Waals surface area contributed by atoms with Crippen LogP contribution in [0.3, 0.4) is 0 Å². The minimum absolute atomic E-state index is 0.00407. The molecule has 4 heteroatoms. The lowest BCUT2D eigenvalue weighted by molar-refractivity contribution is -0.138. The van der Waals surface area contributed by atoms with Crippen LogP contribution < -0.4 is 5.73 Å². The first-order chi connectivity index (χ1) is 6.43. The van der Waals surface area contributed by atoms with Gasteiger partial charge in [0.1, 0.15) is 0 Å². The summed E-state index contributed by atoms with van der Waals surface area (Å²) in [6, 6.07) is 0.291. The molecule has 1 aliphatic heterocycles. The molecule has 4 nitrogen and oxygen atoms in total. The zero-order valence-electron chi connectivity index (χ0n) is 9.25. The Balaban J connectivity index is 2.55. The molecule has 0 unspecified atom stereocenters. The van der Waals surface area contributed by atoms with Gasteiger partial charge in [-0.15, -0.1) is 0 Å². The van der Waals surface area contributed by atoms with Crippen molar-refractivity contribution in [2.24, 2.45) is 5.73 Å². The first-order valence-electron chi connectivity index (χ1n) is 5.07. The molecule has 2 N–H and O–H groups in total. The smallest absolute Gasteiger partial charge is 0.242 e. The molecule has 1 amide bonds. The summed E-state index contributed by atoms with van der Waals surface area (Å²) in [5, 5.41) is 0. The highest BCUT2D eigenvalue weighted by molar-refractivity contribution is 5.85. The summed E-state index contributed by atoms with van der Waals surface area (Å²) in [6.07, 6.45) is 1.83. The maximum atomic E-state index is 11.8. The first kappa shape index (κ1) is 11.5. The minimum atomic E-state index is -0.771. The maximum absolute atomic E-state index is 11.8. The van der Waals surface area contributed by atoms with Crippen LogP contribution >= 0.6 is 0 Å². The summed E-state index contributed by atoms with van der Waals surface area (Å²) in [6.45, 7) is 4.97. The normalized spacial score (nSPS) is 19.4. The summed E-state index contributed by atoms with van der Waals surface area (Å²) >= 11 is 0. The van der Waals surface area contributed by atoms with Crippen LogP contribution in [0.1, 0.15) is 26.7 Å². The summed E-state index contributed by atoms with van der Waals surface area (Å²) < 4.78 is 5.25. The standard InChI is InChI=1S/C10H20N2O2/c1-10(2,11)9(13)12(3)8-4-6-14-7-5-8/h8H,4-7,11H2,1-3H3. The van der Waals surface area contributed by atoms with Crippen molar-refractivity contribution in [3.05, 3.63) is 0 Å². The molecular weight excluding hydrogens is 180 g/mol. The second-order valence-corrected chi connectivity index (χ2v) is 4.48. The van der Waals surface area contributed by atoms with E-state index >= 15 is 0 Å². The first-order valence-corrected chi connectivity index (χ1v) is 5.07. The van der Waals surface area contributed by atoms with Gasteiger partial charge in [0.25, 0.3) is 0 Å². The molecule has 1 aliphatic rings. The summed E-state index contributed by atoms with van der Waals surface area (Å²) in [5.41, 5.74) is 4.99. The van der Waals surface area contributed by atoms with Gasteiger partial charge in [0, 0.05) is 26.3 Å². The number of nitrogens with two attached hydrogens (primary N) is 1. The zero-order valence-corrected chi connectivity index (χ0v) is 9.25. The van der Waals surface area contributed by atoms with Crippen molar-refractivity contribution in [1.82, 2.24) is 4.90 Å². The molecule has 0 aliphatic carbocycles. The molecule has 0 aromatic carbocycles. The van der Waals surface area contributed by atoms with Gasteiger partial charge in [0.05, 0.1) is 5.54 Å². The maximum Gasteiger partial charge on any atom is 0.242 e. The third-order valence-corrected chi connectivity index (χ3v) is 2.61. The molecule has 1 heterocycles. The highest BCUT2D eigenvalue weighted by Gasteiger charge is 2.30. The Kier molecular flexibility index (Phi) is 3.50. The van der Waals surface area contributed by atoms with Crippen LogP contribution in [0.15, 0.2) is 0 Å². The van der Waals surface area contributed by atoms with Gasteiger partial charge in [0.15, 0.2) is 0 Å². The molecule has 0 radical (unpaired) electrons. The van der Waals surface area contributed by atoms with Gasteiger partial charge >= 0.3 is 0 Å². The van der Waals surface area contributed by atoms with Crippen LogP contribution in [0.4, 0.5) is 0 Å². The molecule has 14 heavy (non-hydrogen) atoms. The Hall–Kier alpha value is -0.610. The third kappa shape index (κ3) is 2.69. The van der Waals surface area contributed by atoms with Crippen LogP contribution in [-0.2, 0) is 9.53 Å². The molecule has 0 saturated carbocycles. The van der Waals surface area contributed by atoms with Crippen molar-refractivity contribution in [3.63, 3.8) is 0 Å². The second-order valence-electron chi connectivity index (χ2n) is 4.48. The van der Waals surface area contributed by atoms with Crippen molar-refractivity contribution in [3.8, 4) is 0 Å². The number of carbonyl (C=O) groups is 1. The number of likely N-dealkylation sites (N-methyl/N-ethyl adjacent to an activating group) is 1. The largest absolute Gasteiger partial charge is 0.381 e. The molecule has 0 bridgehead atoms. The Labute approximate surface area is 85.4 Å². The van der Waals surface area contributed by atoms with E-state index in [4.69, 9.17) is 10.5 Å². The van der Waals surface area contributed by atoms with Crippen molar-refractivity contribution < 1.29 is 9.53 Å². The summed E-state index contributed by atoms with van der Waals surface area (Å²) in [7, 11) is 1.83. The van der Waals surface area contributed by atoms with Gasteiger partial charge in [-0.2, -0.15) is 0 Å². The fourth-order valence-electron chi connectivity index (χ4n) is 1.69. The Morgan fingerprint density at radius 3 is 2.36 bits per heavy atom. The van der Waals surface area contributed by atoms with Crippen molar-refractivity contribution in [2.75, 3.05) is 20.3 Å². The van der Waals surface area contributed by atoms with Crippen LogP contribution in [0, 0.1) is 0 Å². The van der Waals surface area contributed by atoms with E-state index in [1.807, 2.05) is 7.05 Å². The van der Waals surface area contributed by atoms with Crippen molar-refractivity contribution in [2.45, 2.75) is 38.3 Å². The highest BCUT2D eigenvalue weighted by atomic mass is 16.5. The molecule has 1 saturated heterocycles. The van der Waals surface area contributed by atoms with E-state index in [1.165, 1.54) is 0 Å². The number of hydrogen-bond donors (Lipinski definition) is 1. The Morgan fingerprint density at radius 2 is 1.93 bits per heavy atom. The average molecular weight is 200 g/mol. The molecule has 1 fully saturated rings. The monoisotopic (exact) mass is 200 g/mol. The predicted molar refractivity (Wildman–Crippen MR) is 54.9 cm³/mol. The summed E-state index contributed by atoms with van der Waals surface area (Å²) in [5.74, 6) is 0.00407. The van der Waals surface area contributed by atoms with Gasteiger partial charge in [-0.3, -0.25) is 4.79 Å². The van der Waals surface area contributed by atoms with Crippen molar-refractivity contribution >= 4 is 5.91 Å². The second kappa shape index (κ2) is 4.28. The van der Waals surface area contributed by atoms with E-state index < -0.39 is 5.54 Å². The number of hydrogen-bond acceptors (Lipinski definition) is 3. The lowest BCUT2D eigenvalue weighted by atomic mass is 10.0. The molecule has 1 rings (SSSR count). The van der Waals surface area contributed by atoms with Gasteiger partial charge < -0.3 is 15.4 Å². The van der Waals surface area contributed by atoms with E-state index in [0.29, 0.717) is 6.04 Å². The number of rotatable bonds is 2. The Bertz CT molecular complexity index is 205. The number of carbonyl (C=O) groups excluding carboxylic acids is 1. The van der Waals surface area contributed by atoms with Crippen molar-refractivity contribution in [1.29, 1.82) is 0 Å². The molecule has 82 valence electrons. The van der Waals surface area contributed by atoms with Gasteiger partial charge in [-0.05, 0) is 26.7 Å². The number of nitrogens with zero attached hydrogens (tertiary/aromatic N) is 1. The minimum Gasteiger partial charge on any atom is -0.381 e. The highest BCUT2D eigenvalue weighted by Crippen LogP contribution is 2.15. The van der Waals surface area contributed by atoms with Crippen LogP contribution in [0.25, 0.3) is 0 Å². The average Bonchev–Trinajstić information content (AvgIpc) is 2.15. The van der Waals surface area contributed by atoms with E-state index in [-0.39, 0.29) is 5.91 Å². The van der Waals surface area contributed by atoms with E-state index in [9.17, 15) is 4.79 Å². The Morgan fingerprint density at radius 1 is 1.43 bits per heavy atom. The quantitative estimate of drug-likeness (QED) is 0.700. The van der Waals surface area contributed by atoms with Crippen LogP contribution in [0.2, 0.25) is 0 Å². The van der Waals surface area contributed by atoms with E-state index in [0.717, 1.165) is 26.1 Å². The number of amides is 1. The van der Waals surface area contributed by atoms with Crippen LogP contribution in [-0.4, -0.2) is 42.6 Å². The van der Waals surface area contributed by atoms with Gasteiger partial charge in [0.2, 0.25) is 5.91 Å². The fourth-order valence-corrected chi connectivity index (χ4v) is 1.69. The van der Waals surface area contributed by atoms with Gasteiger partial charge in [-0.1, -0.05) is 0 Å².